The molecule has 1 aromatic carbocycles. The summed E-state index contributed by atoms with van der Waals surface area (Å²) in [5, 5.41) is 0. The predicted molar refractivity (Wildman–Crippen MR) is 110 cm³/mol. The smallest absolute Gasteiger partial charge is 0.154 e. The van der Waals surface area contributed by atoms with Crippen LogP contribution in [0.1, 0.15) is 71.3 Å². The van der Waals surface area contributed by atoms with Gasteiger partial charge < -0.3 is 4.55 Å². The van der Waals surface area contributed by atoms with Gasteiger partial charge in [-0.3, -0.25) is 0 Å². The Labute approximate surface area is 158 Å². The summed E-state index contributed by atoms with van der Waals surface area (Å²) in [7, 11) is -3.43. The Balaban J connectivity index is 0.000000697. The minimum Gasteiger partial charge on any atom is -0.748 e. The highest BCUT2D eigenvalue weighted by atomic mass is 32.2. The molecule has 0 radical (unpaired) electrons. The van der Waals surface area contributed by atoms with Gasteiger partial charge in [-0.25, -0.2) is 8.42 Å². The summed E-state index contributed by atoms with van der Waals surface area (Å²) in [6.45, 7) is 8.43. The fourth-order valence-electron chi connectivity index (χ4n) is 2.47. The van der Waals surface area contributed by atoms with Crippen molar-refractivity contribution in [2.24, 2.45) is 0 Å². The van der Waals surface area contributed by atoms with Crippen molar-refractivity contribution in [3.8, 4) is 0 Å². The van der Waals surface area contributed by atoms with Gasteiger partial charge in [0, 0.05) is 16.6 Å². The zero-order valence-electron chi connectivity index (χ0n) is 16.4. The van der Waals surface area contributed by atoms with Gasteiger partial charge in [-0.15, -0.1) is 0 Å². The van der Waals surface area contributed by atoms with Gasteiger partial charge in [-0.2, -0.15) is 0 Å². The third kappa shape index (κ3) is 14.3. The normalized spacial score (nSPS) is 12.4. The van der Waals surface area contributed by atoms with E-state index in [4.69, 9.17) is 0 Å². The van der Waals surface area contributed by atoms with Crippen LogP contribution in [-0.4, -0.2) is 30.2 Å². The number of hydrogen-bond acceptors (Lipinski definition) is 3. The molecule has 1 atom stereocenters. The van der Waals surface area contributed by atoms with Crippen molar-refractivity contribution in [1.82, 2.24) is 0 Å². The van der Waals surface area contributed by atoms with Crippen LogP contribution in [0.2, 0.25) is 0 Å². The van der Waals surface area contributed by atoms with Crippen LogP contribution in [0.25, 0.3) is 0 Å². The molecule has 0 aliphatic carbocycles. The Morgan fingerprint density at radius 1 is 0.880 bits per heavy atom. The molecule has 0 aliphatic heterocycles. The summed E-state index contributed by atoms with van der Waals surface area (Å²) in [6.07, 6.45) is 8.87. The zero-order valence-corrected chi connectivity index (χ0v) is 18.1. The summed E-state index contributed by atoms with van der Waals surface area (Å²) in [5.41, 5.74) is 1.37. The van der Waals surface area contributed by atoms with Gasteiger partial charge in [0.05, 0.1) is 10.1 Å². The van der Waals surface area contributed by atoms with Crippen LogP contribution in [0.3, 0.4) is 0 Å². The first kappa shape index (κ1) is 24.5. The molecule has 3 nitrogen and oxygen atoms in total. The summed E-state index contributed by atoms with van der Waals surface area (Å²) < 4.78 is 29.0. The molecular weight excluding hydrogens is 352 g/mol. The molecule has 0 fully saturated rings. The van der Waals surface area contributed by atoms with Crippen molar-refractivity contribution >= 4 is 21.0 Å². The highest BCUT2D eigenvalue weighted by Crippen LogP contribution is 2.17. The van der Waals surface area contributed by atoms with Crippen LogP contribution in [0.15, 0.2) is 29.2 Å². The Kier molecular flexibility index (Phi) is 14.3. The van der Waals surface area contributed by atoms with E-state index in [-0.39, 0.29) is 5.75 Å². The van der Waals surface area contributed by atoms with Crippen LogP contribution in [0, 0.1) is 6.92 Å². The minimum absolute atomic E-state index is 0.243. The first-order valence-electron chi connectivity index (χ1n) is 9.51. The molecule has 1 rings (SSSR count). The van der Waals surface area contributed by atoms with Gasteiger partial charge in [0.1, 0.15) is 11.5 Å². The third-order valence-corrected chi connectivity index (χ3v) is 7.23. The van der Waals surface area contributed by atoms with E-state index in [2.05, 4.69) is 45.0 Å². The van der Waals surface area contributed by atoms with E-state index < -0.39 is 10.1 Å². The number of hydrogen-bond donors (Lipinski definition) is 0. The van der Waals surface area contributed by atoms with Crippen molar-refractivity contribution in [1.29, 1.82) is 0 Å². The van der Waals surface area contributed by atoms with E-state index in [0.717, 1.165) is 0 Å². The summed E-state index contributed by atoms with van der Waals surface area (Å²) in [5.74, 6) is 2.46. The lowest BCUT2D eigenvalue weighted by molar-refractivity contribution is 0.462. The number of rotatable bonds is 11. The Morgan fingerprint density at radius 3 is 1.88 bits per heavy atom. The third-order valence-electron chi connectivity index (χ3n) is 3.90. The van der Waals surface area contributed by atoms with Gasteiger partial charge in [0.2, 0.25) is 0 Å². The first-order chi connectivity index (χ1) is 11.8. The van der Waals surface area contributed by atoms with Crippen molar-refractivity contribution in [3.63, 3.8) is 0 Å². The molecular formula is C20H36O3S2. The van der Waals surface area contributed by atoms with Crippen molar-refractivity contribution in [3.05, 3.63) is 29.8 Å². The molecule has 0 amide bonds. The average Bonchev–Trinajstić information content (AvgIpc) is 2.55. The van der Waals surface area contributed by atoms with Gasteiger partial charge >= 0.3 is 0 Å². The molecule has 0 spiro atoms. The van der Waals surface area contributed by atoms with Crippen molar-refractivity contribution < 1.29 is 13.0 Å². The van der Waals surface area contributed by atoms with E-state index in [0.29, 0.717) is 17.3 Å². The summed E-state index contributed by atoms with van der Waals surface area (Å²) >= 11 is 0. The second kappa shape index (κ2) is 14.6. The summed E-state index contributed by atoms with van der Waals surface area (Å²) in [6, 6.07) is 9.18. The molecule has 1 aromatic rings. The summed E-state index contributed by atoms with van der Waals surface area (Å²) in [4.78, 5) is 1.57. The number of unbranched alkanes of at least 4 members (excludes halogenated alkanes) is 5. The standard InChI is InChI=1S/C17H29S.C3H8O3S/c1-4-6-7-8-9-10-15-18(5-2)17-13-11-16(3)12-14-17;1-2-3-7(4,5)6/h11-14H,4-10,15H2,1-3H3;2-3H2,1H3,(H,4,5,6)/q+1;/p-1. The van der Waals surface area contributed by atoms with Crippen LogP contribution < -0.4 is 0 Å². The van der Waals surface area contributed by atoms with Gasteiger partial charge in [-0.05, 0) is 45.2 Å². The number of aryl methyl sites for hydroxylation is 1. The molecule has 0 saturated carbocycles. The second-order valence-corrected chi connectivity index (χ2v) is 10.3. The van der Waals surface area contributed by atoms with Crippen LogP contribution in [0.5, 0.6) is 0 Å². The fraction of sp³-hybridized carbons (Fsp3) is 0.700. The Hall–Kier alpha value is -0.520. The largest absolute Gasteiger partial charge is 0.748 e. The zero-order chi connectivity index (χ0) is 19.1. The van der Waals surface area contributed by atoms with Crippen molar-refractivity contribution in [2.75, 3.05) is 17.3 Å². The van der Waals surface area contributed by atoms with E-state index >= 15 is 0 Å². The molecule has 0 heterocycles. The highest BCUT2D eigenvalue weighted by molar-refractivity contribution is 7.96. The van der Waals surface area contributed by atoms with Gasteiger partial charge in [0.15, 0.2) is 4.90 Å². The molecule has 25 heavy (non-hydrogen) atoms. The molecule has 0 saturated heterocycles. The maximum atomic E-state index is 9.68. The van der Waals surface area contributed by atoms with E-state index in [1.165, 1.54) is 55.6 Å². The predicted octanol–water partition coefficient (Wildman–Crippen LogP) is 5.29. The van der Waals surface area contributed by atoms with Gasteiger partial charge in [0.25, 0.3) is 0 Å². The molecule has 0 aliphatic rings. The van der Waals surface area contributed by atoms with Crippen molar-refractivity contribution in [2.45, 2.75) is 77.5 Å². The van der Waals surface area contributed by atoms with Crippen LogP contribution in [0.4, 0.5) is 0 Å². The molecule has 1 unspecified atom stereocenters. The topological polar surface area (TPSA) is 57.2 Å². The van der Waals surface area contributed by atoms with E-state index in [1.807, 2.05) is 0 Å². The molecule has 0 N–H and O–H groups in total. The second-order valence-electron chi connectivity index (χ2n) is 6.33. The molecule has 0 aromatic heterocycles. The van der Waals surface area contributed by atoms with E-state index in [1.54, 1.807) is 11.8 Å². The lowest BCUT2D eigenvalue weighted by Gasteiger charge is -2.06. The Bertz CT molecular complexity index is 524. The van der Waals surface area contributed by atoms with E-state index in [9.17, 15) is 13.0 Å². The monoisotopic (exact) mass is 388 g/mol. The lowest BCUT2D eigenvalue weighted by Crippen LogP contribution is -2.10. The lowest BCUT2D eigenvalue weighted by atomic mass is 10.1. The Morgan fingerprint density at radius 2 is 1.44 bits per heavy atom. The highest BCUT2D eigenvalue weighted by Gasteiger charge is 2.18. The molecule has 146 valence electrons. The number of benzene rings is 1. The quantitative estimate of drug-likeness (QED) is 0.294. The minimum atomic E-state index is -3.92. The maximum absolute atomic E-state index is 9.68. The SMILES string of the molecule is CCCCCCCC[S+](CC)c1ccc(C)cc1.CCCS(=O)(=O)[O-]. The first-order valence-corrected chi connectivity index (χ1v) is 12.7. The average molecular weight is 389 g/mol. The fourth-order valence-corrected chi connectivity index (χ4v) is 4.90. The van der Waals surface area contributed by atoms with Gasteiger partial charge in [-0.1, -0.05) is 57.2 Å². The maximum Gasteiger partial charge on any atom is 0.154 e. The van der Waals surface area contributed by atoms with Crippen LogP contribution >= 0.6 is 0 Å². The van der Waals surface area contributed by atoms with Crippen LogP contribution in [-0.2, 0) is 21.0 Å². The molecule has 0 bridgehead atoms. The molecule has 5 heteroatoms.